The van der Waals surface area contributed by atoms with Gasteiger partial charge in [0.05, 0.1) is 25.0 Å². The number of aromatic nitrogens is 2. The first-order valence-electron chi connectivity index (χ1n) is 5.24. The second-order valence-electron chi connectivity index (χ2n) is 3.96. The van der Waals surface area contributed by atoms with Crippen molar-refractivity contribution in [2.24, 2.45) is 0 Å². The van der Waals surface area contributed by atoms with E-state index in [0.29, 0.717) is 12.5 Å². The lowest BCUT2D eigenvalue weighted by Gasteiger charge is -2.38. The smallest absolute Gasteiger partial charge is 0.225 e. The van der Waals surface area contributed by atoms with Gasteiger partial charge in [0.2, 0.25) is 5.95 Å². The maximum absolute atomic E-state index is 12.7. The predicted molar refractivity (Wildman–Crippen MR) is 57.7 cm³/mol. The van der Waals surface area contributed by atoms with E-state index in [1.165, 1.54) is 0 Å². The Balaban J connectivity index is 2.08. The van der Waals surface area contributed by atoms with Gasteiger partial charge in [-0.15, -0.1) is 0 Å². The Labute approximate surface area is 93.5 Å². The minimum absolute atomic E-state index is 0.0856. The standard InChI is InChI=1S/C10H15FN4O/c1-14-2-3-15(6-9(14)7-16)10-12-4-8(11)5-13-10/h4-5,9,16H,2-3,6-7H2,1H3. The quantitative estimate of drug-likeness (QED) is 0.752. The molecule has 1 N–H and O–H groups in total. The van der Waals surface area contributed by atoms with Gasteiger partial charge in [-0.3, -0.25) is 4.90 Å². The van der Waals surface area contributed by atoms with Crippen LogP contribution in [0.3, 0.4) is 0 Å². The number of halogens is 1. The van der Waals surface area contributed by atoms with E-state index in [0.717, 1.165) is 25.5 Å². The van der Waals surface area contributed by atoms with Gasteiger partial charge < -0.3 is 10.0 Å². The maximum atomic E-state index is 12.7. The Hall–Kier alpha value is -1.27. The number of nitrogens with zero attached hydrogens (tertiary/aromatic N) is 4. The van der Waals surface area contributed by atoms with Crippen molar-refractivity contribution < 1.29 is 9.50 Å². The number of aliphatic hydroxyl groups excluding tert-OH is 1. The van der Waals surface area contributed by atoms with Crippen molar-refractivity contribution in [3.63, 3.8) is 0 Å². The van der Waals surface area contributed by atoms with Crippen LogP contribution in [-0.4, -0.2) is 59.3 Å². The normalized spacial score (nSPS) is 22.4. The van der Waals surface area contributed by atoms with Crippen molar-refractivity contribution in [1.29, 1.82) is 0 Å². The zero-order chi connectivity index (χ0) is 11.5. The lowest BCUT2D eigenvalue weighted by Crippen LogP contribution is -2.53. The van der Waals surface area contributed by atoms with Crippen molar-refractivity contribution in [1.82, 2.24) is 14.9 Å². The Kier molecular flexibility index (Phi) is 3.31. The van der Waals surface area contributed by atoms with E-state index in [2.05, 4.69) is 14.9 Å². The summed E-state index contributed by atoms with van der Waals surface area (Å²) in [7, 11) is 1.98. The molecule has 0 saturated carbocycles. The van der Waals surface area contributed by atoms with Gasteiger partial charge in [0.1, 0.15) is 0 Å². The zero-order valence-electron chi connectivity index (χ0n) is 9.17. The molecule has 2 rings (SSSR count). The number of anilines is 1. The van der Waals surface area contributed by atoms with Crippen LogP contribution < -0.4 is 4.90 Å². The van der Waals surface area contributed by atoms with Crippen molar-refractivity contribution >= 4 is 5.95 Å². The van der Waals surface area contributed by atoms with Crippen LogP contribution in [0.4, 0.5) is 10.3 Å². The molecule has 0 radical (unpaired) electrons. The first kappa shape index (κ1) is 11.2. The highest BCUT2D eigenvalue weighted by Crippen LogP contribution is 2.13. The minimum atomic E-state index is -0.434. The summed E-state index contributed by atoms with van der Waals surface area (Å²) in [6.07, 6.45) is 2.32. The summed E-state index contributed by atoms with van der Waals surface area (Å²) in [5.41, 5.74) is 0. The van der Waals surface area contributed by atoms with E-state index < -0.39 is 5.82 Å². The molecular weight excluding hydrogens is 211 g/mol. The second-order valence-corrected chi connectivity index (χ2v) is 3.96. The summed E-state index contributed by atoms with van der Waals surface area (Å²) in [6, 6.07) is 0.0856. The molecule has 6 heteroatoms. The van der Waals surface area contributed by atoms with Gasteiger partial charge in [0.15, 0.2) is 5.82 Å². The molecule has 0 bridgehead atoms. The molecule has 0 spiro atoms. The van der Waals surface area contributed by atoms with Gasteiger partial charge in [-0.2, -0.15) is 0 Å². The highest BCUT2D eigenvalue weighted by atomic mass is 19.1. The SMILES string of the molecule is CN1CCN(c2ncc(F)cn2)CC1CO. The summed E-state index contributed by atoms with van der Waals surface area (Å²) in [6.45, 7) is 2.40. The molecule has 1 aromatic heterocycles. The Morgan fingerprint density at radius 2 is 2.12 bits per heavy atom. The molecule has 1 aliphatic rings. The molecule has 1 unspecified atom stereocenters. The third-order valence-electron chi connectivity index (χ3n) is 2.88. The van der Waals surface area contributed by atoms with Gasteiger partial charge in [0.25, 0.3) is 0 Å². The molecule has 0 aromatic carbocycles. The second kappa shape index (κ2) is 4.71. The van der Waals surface area contributed by atoms with Crippen LogP contribution in [0.25, 0.3) is 0 Å². The molecule has 1 aliphatic heterocycles. The fourth-order valence-electron chi connectivity index (χ4n) is 1.79. The fraction of sp³-hybridized carbons (Fsp3) is 0.600. The highest BCUT2D eigenvalue weighted by Gasteiger charge is 2.24. The molecule has 1 fully saturated rings. The van der Waals surface area contributed by atoms with Crippen LogP contribution in [0, 0.1) is 5.82 Å². The van der Waals surface area contributed by atoms with Gasteiger partial charge >= 0.3 is 0 Å². The van der Waals surface area contributed by atoms with Crippen LogP contribution in [0.15, 0.2) is 12.4 Å². The average Bonchev–Trinajstić information content (AvgIpc) is 2.31. The lowest BCUT2D eigenvalue weighted by atomic mass is 10.2. The van der Waals surface area contributed by atoms with Gasteiger partial charge in [0, 0.05) is 19.6 Å². The topological polar surface area (TPSA) is 52.5 Å². The molecule has 0 aliphatic carbocycles. The van der Waals surface area contributed by atoms with Crippen LogP contribution in [0.1, 0.15) is 0 Å². The minimum Gasteiger partial charge on any atom is -0.395 e. The summed E-state index contributed by atoms with van der Waals surface area (Å²) in [4.78, 5) is 11.9. The van der Waals surface area contributed by atoms with Crippen molar-refractivity contribution in [2.75, 3.05) is 38.2 Å². The number of hydrogen-bond donors (Lipinski definition) is 1. The summed E-state index contributed by atoms with van der Waals surface area (Å²) >= 11 is 0. The van der Waals surface area contributed by atoms with Crippen molar-refractivity contribution in [3.8, 4) is 0 Å². The molecule has 88 valence electrons. The summed E-state index contributed by atoms with van der Waals surface area (Å²) < 4.78 is 12.7. The van der Waals surface area contributed by atoms with Gasteiger partial charge in [-0.25, -0.2) is 14.4 Å². The van der Waals surface area contributed by atoms with E-state index in [9.17, 15) is 9.50 Å². The van der Waals surface area contributed by atoms with E-state index >= 15 is 0 Å². The Bertz CT molecular complexity index is 345. The first-order valence-corrected chi connectivity index (χ1v) is 5.24. The van der Waals surface area contributed by atoms with Crippen LogP contribution >= 0.6 is 0 Å². The molecule has 1 saturated heterocycles. The Morgan fingerprint density at radius 1 is 1.44 bits per heavy atom. The largest absolute Gasteiger partial charge is 0.395 e. The number of rotatable bonds is 2. The molecule has 2 heterocycles. The van der Waals surface area contributed by atoms with Gasteiger partial charge in [-0.05, 0) is 7.05 Å². The number of hydrogen-bond acceptors (Lipinski definition) is 5. The lowest BCUT2D eigenvalue weighted by molar-refractivity contribution is 0.135. The molecule has 0 amide bonds. The van der Waals surface area contributed by atoms with Crippen molar-refractivity contribution in [3.05, 3.63) is 18.2 Å². The van der Waals surface area contributed by atoms with E-state index in [1.807, 2.05) is 11.9 Å². The molecule has 1 atom stereocenters. The molecular formula is C10H15FN4O. The maximum Gasteiger partial charge on any atom is 0.225 e. The van der Waals surface area contributed by atoms with Crippen LogP contribution in [0.5, 0.6) is 0 Å². The number of aliphatic hydroxyl groups is 1. The van der Waals surface area contributed by atoms with Crippen LogP contribution in [-0.2, 0) is 0 Å². The predicted octanol–water partition coefficient (Wildman–Crippen LogP) is -0.272. The third kappa shape index (κ3) is 2.28. The first-order chi connectivity index (χ1) is 7.70. The summed E-state index contributed by atoms with van der Waals surface area (Å²) in [5, 5.41) is 9.20. The van der Waals surface area contributed by atoms with E-state index in [-0.39, 0.29) is 12.6 Å². The average molecular weight is 226 g/mol. The summed E-state index contributed by atoms with van der Waals surface area (Å²) in [5.74, 6) is 0.0875. The third-order valence-corrected chi connectivity index (χ3v) is 2.88. The fourth-order valence-corrected chi connectivity index (χ4v) is 1.79. The molecule has 1 aromatic rings. The van der Waals surface area contributed by atoms with E-state index in [1.54, 1.807) is 0 Å². The Morgan fingerprint density at radius 3 is 2.75 bits per heavy atom. The van der Waals surface area contributed by atoms with E-state index in [4.69, 9.17) is 0 Å². The van der Waals surface area contributed by atoms with Crippen molar-refractivity contribution in [2.45, 2.75) is 6.04 Å². The zero-order valence-corrected chi connectivity index (χ0v) is 9.17. The molecule has 5 nitrogen and oxygen atoms in total. The van der Waals surface area contributed by atoms with Gasteiger partial charge in [-0.1, -0.05) is 0 Å². The number of piperazine rings is 1. The number of likely N-dealkylation sites (N-methyl/N-ethyl adjacent to an activating group) is 1. The molecule has 16 heavy (non-hydrogen) atoms. The van der Waals surface area contributed by atoms with Crippen LogP contribution in [0.2, 0.25) is 0 Å². The monoisotopic (exact) mass is 226 g/mol. The highest BCUT2D eigenvalue weighted by molar-refractivity contribution is 5.30.